The van der Waals surface area contributed by atoms with E-state index in [1.807, 2.05) is 26.0 Å². The lowest BCUT2D eigenvalue weighted by Crippen LogP contribution is -2.61. The molecule has 0 amide bonds. The van der Waals surface area contributed by atoms with Crippen molar-refractivity contribution < 1.29 is 22.0 Å². The fourth-order valence-corrected chi connectivity index (χ4v) is 9.86. The Hall–Kier alpha value is -2.43. The molecule has 3 fully saturated rings. The van der Waals surface area contributed by atoms with Gasteiger partial charge in [-0.2, -0.15) is 13.2 Å². The minimum atomic E-state index is -4.32. The van der Waals surface area contributed by atoms with E-state index in [0.717, 1.165) is 75.2 Å². The molecule has 4 aromatic carbocycles. The molecule has 0 saturated carbocycles. The first-order valence-corrected chi connectivity index (χ1v) is 24.1. The molecule has 7 rings (SSSR count). The van der Waals surface area contributed by atoms with Crippen molar-refractivity contribution in [2.24, 2.45) is 28.6 Å². The number of hydrogen-bond acceptors (Lipinski definition) is 3. The highest BCUT2D eigenvalue weighted by molar-refractivity contribution is 6.34. The molecule has 0 aliphatic carbocycles. The highest BCUT2D eigenvalue weighted by atomic mass is 35.5. The number of piperidine rings is 2. The Morgan fingerprint density at radius 3 is 1.78 bits per heavy atom. The summed E-state index contributed by atoms with van der Waals surface area (Å²) in [5.74, 6) is 1.06. The molecule has 3 nitrogen and oxygen atoms in total. The number of nitrogens with zero attached hydrogens (tertiary/aromatic N) is 3. The van der Waals surface area contributed by atoms with Gasteiger partial charge in [0, 0.05) is 54.3 Å². The Balaban J connectivity index is 0.000000182. The number of hydrogen-bond donors (Lipinski definition) is 0. The van der Waals surface area contributed by atoms with Crippen molar-refractivity contribution in [3.05, 3.63) is 139 Å². The van der Waals surface area contributed by atoms with Gasteiger partial charge in [-0.05, 0) is 138 Å². The molecule has 3 heterocycles. The summed E-state index contributed by atoms with van der Waals surface area (Å²) in [5.41, 5.74) is 2.94. The van der Waals surface area contributed by atoms with E-state index in [-0.39, 0.29) is 22.4 Å². The zero-order valence-corrected chi connectivity index (χ0v) is 41.6. The lowest BCUT2D eigenvalue weighted by atomic mass is 9.62. The molecule has 0 bridgehead atoms. The third-order valence-electron chi connectivity index (χ3n) is 14.1. The lowest BCUT2D eigenvalue weighted by molar-refractivity contribution is -0.137. The molecule has 0 spiro atoms. The minimum Gasteiger partial charge on any atom is -0.299 e. The van der Waals surface area contributed by atoms with E-state index >= 15 is 0 Å². The normalized spacial score (nSPS) is 19.0. The summed E-state index contributed by atoms with van der Waals surface area (Å²) in [6, 6.07) is 25.0. The van der Waals surface area contributed by atoms with Crippen LogP contribution in [-0.2, 0) is 19.3 Å². The first-order chi connectivity index (χ1) is 29.9. The third-order valence-corrected chi connectivity index (χ3v) is 15.1. The van der Waals surface area contributed by atoms with Crippen molar-refractivity contribution in [3.8, 4) is 0 Å². The number of rotatable bonds is 9. The van der Waals surface area contributed by atoms with Crippen LogP contribution in [0, 0.1) is 34.4 Å². The largest absolute Gasteiger partial charge is 0.416 e. The van der Waals surface area contributed by atoms with Crippen LogP contribution in [0.25, 0.3) is 0 Å². The predicted octanol–water partition coefficient (Wildman–Crippen LogP) is 16.1. The van der Waals surface area contributed by atoms with Crippen LogP contribution >= 0.6 is 46.4 Å². The van der Waals surface area contributed by atoms with Crippen LogP contribution in [0.15, 0.2) is 84.9 Å². The molecule has 3 aliphatic heterocycles. The summed E-state index contributed by atoms with van der Waals surface area (Å²) in [4.78, 5) is 6.92. The standard InChI is InChI=1S/C21H25Cl2N.C16H21ClF3N.C15H20ClF2N/c1-20(2,3)21(4)13-24(14-21)19(15-8-6-5-7-9-15)16-10-17(22)12-18(23)11-16;1-11(2)12-5-7-21(8-6-12)10-13-9-14(16(18,19)20)3-4-15(13)17;1-11(2)15(18)5-7-19(8-6-15)10-12-3-4-14(17)13(16)9-12/h5-12,19H,13-14H2,1-4H3;3-4,9,11-12H,5-8,10H2,1-2H3;3-4,9,11H,5-8,10H2,1-2H3/t19-;;/m1../s1. The average molecular weight is 970 g/mol. The van der Waals surface area contributed by atoms with E-state index in [0.29, 0.717) is 57.9 Å². The summed E-state index contributed by atoms with van der Waals surface area (Å²) >= 11 is 24.4. The molecular formula is C52H66Cl4F5N3. The van der Waals surface area contributed by atoms with Crippen LogP contribution in [0.4, 0.5) is 22.0 Å². The Labute approximate surface area is 399 Å². The molecule has 0 aromatic heterocycles. The number of likely N-dealkylation sites (tertiary alicyclic amines) is 3. The van der Waals surface area contributed by atoms with E-state index < -0.39 is 23.2 Å². The van der Waals surface area contributed by atoms with Crippen molar-refractivity contribution in [2.45, 2.75) is 112 Å². The fourth-order valence-electron chi connectivity index (χ4n) is 8.94. The zero-order chi connectivity index (χ0) is 47.2. The van der Waals surface area contributed by atoms with Crippen molar-refractivity contribution in [1.29, 1.82) is 0 Å². The molecule has 1 atom stereocenters. The molecule has 4 aromatic rings. The van der Waals surface area contributed by atoms with Crippen molar-refractivity contribution in [1.82, 2.24) is 14.7 Å². The first-order valence-electron chi connectivity index (χ1n) is 22.6. The van der Waals surface area contributed by atoms with Crippen LogP contribution in [0.3, 0.4) is 0 Å². The number of benzene rings is 4. The van der Waals surface area contributed by atoms with Gasteiger partial charge in [-0.25, -0.2) is 8.78 Å². The maximum atomic E-state index is 14.4. The van der Waals surface area contributed by atoms with Gasteiger partial charge in [0.15, 0.2) is 0 Å². The summed E-state index contributed by atoms with van der Waals surface area (Å²) in [7, 11) is 0. The van der Waals surface area contributed by atoms with Gasteiger partial charge >= 0.3 is 6.18 Å². The van der Waals surface area contributed by atoms with E-state index in [9.17, 15) is 22.0 Å². The molecule has 0 unspecified atom stereocenters. The van der Waals surface area contributed by atoms with Gasteiger partial charge in [-0.1, -0.05) is 138 Å². The van der Waals surface area contributed by atoms with E-state index in [1.165, 1.54) is 23.8 Å². The van der Waals surface area contributed by atoms with Gasteiger partial charge in [-0.3, -0.25) is 14.7 Å². The second kappa shape index (κ2) is 22.1. The smallest absolute Gasteiger partial charge is 0.299 e. The van der Waals surface area contributed by atoms with Gasteiger partial charge in [0.1, 0.15) is 11.5 Å². The molecule has 12 heteroatoms. The monoisotopic (exact) mass is 967 g/mol. The van der Waals surface area contributed by atoms with E-state index in [1.54, 1.807) is 18.2 Å². The Bertz CT molecular complexity index is 2080. The summed E-state index contributed by atoms with van der Waals surface area (Å²) in [6.45, 7) is 24.4. The SMILES string of the molecule is CC(C)(C)C1(C)CN([C@H](c2ccccc2)c2cc(Cl)cc(Cl)c2)C1.CC(C)C1(F)CCN(Cc2ccc(F)c(Cl)c2)CC1.CC(C)C1CCN(Cc2cc(C(F)(F)F)ccc2Cl)CC1. The summed E-state index contributed by atoms with van der Waals surface area (Å²) < 4.78 is 65.8. The van der Waals surface area contributed by atoms with Crippen LogP contribution in [0.1, 0.15) is 115 Å². The average Bonchev–Trinajstić information content (AvgIpc) is 3.20. The second-order valence-corrected chi connectivity index (χ2v) is 21.8. The second-order valence-electron chi connectivity index (χ2n) is 20.1. The molecule has 352 valence electrons. The molecule has 0 radical (unpaired) electrons. The van der Waals surface area contributed by atoms with Crippen molar-refractivity contribution in [3.63, 3.8) is 0 Å². The molecular weight excluding hydrogens is 903 g/mol. The van der Waals surface area contributed by atoms with Crippen LogP contribution < -0.4 is 0 Å². The van der Waals surface area contributed by atoms with Crippen LogP contribution in [0.5, 0.6) is 0 Å². The maximum Gasteiger partial charge on any atom is 0.416 e. The van der Waals surface area contributed by atoms with Crippen molar-refractivity contribution in [2.75, 3.05) is 39.3 Å². The van der Waals surface area contributed by atoms with Crippen LogP contribution in [0.2, 0.25) is 20.1 Å². The van der Waals surface area contributed by atoms with Crippen molar-refractivity contribution >= 4 is 46.4 Å². The van der Waals surface area contributed by atoms with Crippen LogP contribution in [-0.4, -0.2) is 59.6 Å². The minimum absolute atomic E-state index is 0.0647. The first kappa shape index (κ1) is 52.5. The molecule has 64 heavy (non-hydrogen) atoms. The number of halogens is 9. The molecule has 0 N–H and O–H groups in total. The zero-order valence-electron chi connectivity index (χ0n) is 38.6. The number of alkyl halides is 4. The summed E-state index contributed by atoms with van der Waals surface area (Å²) in [6.07, 6.45) is -0.967. The summed E-state index contributed by atoms with van der Waals surface area (Å²) in [5, 5.41) is 1.94. The van der Waals surface area contributed by atoms with E-state index in [2.05, 4.69) is 86.6 Å². The quantitative estimate of drug-likeness (QED) is 0.155. The Morgan fingerprint density at radius 1 is 0.688 bits per heavy atom. The Kier molecular flexibility index (Phi) is 18.2. The van der Waals surface area contributed by atoms with Gasteiger partial charge in [0.2, 0.25) is 0 Å². The van der Waals surface area contributed by atoms with Gasteiger partial charge in [-0.15, -0.1) is 0 Å². The highest BCUT2D eigenvalue weighted by Gasteiger charge is 2.49. The predicted molar refractivity (Wildman–Crippen MR) is 258 cm³/mol. The molecule has 3 aliphatic rings. The van der Waals surface area contributed by atoms with Gasteiger partial charge in [0.05, 0.1) is 16.6 Å². The topological polar surface area (TPSA) is 9.72 Å². The third kappa shape index (κ3) is 14.1. The Morgan fingerprint density at radius 2 is 1.27 bits per heavy atom. The highest BCUT2D eigenvalue weighted by Crippen LogP contribution is 2.50. The fraction of sp³-hybridized carbons (Fsp3) is 0.538. The lowest BCUT2D eigenvalue weighted by Gasteiger charge is -2.58. The maximum absolute atomic E-state index is 14.4. The van der Waals surface area contributed by atoms with E-state index in [4.69, 9.17) is 46.4 Å². The van der Waals surface area contributed by atoms with Gasteiger partial charge in [0.25, 0.3) is 0 Å². The van der Waals surface area contributed by atoms with Gasteiger partial charge < -0.3 is 0 Å². The molecule has 3 saturated heterocycles.